The monoisotopic (exact) mass is 244 g/mol. The Hall–Kier alpha value is -1.10. The van der Waals surface area contributed by atoms with Crippen molar-refractivity contribution in [2.75, 3.05) is 20.1 Å². The summed E-state index contributed by atoms with van der Waals surface area (Å²) in [5, 5.41) is 0. The summed E-state index contributed by atoms with van der Waals surface area (Å²) in [4.78, 5) is 6.18. The van der Waals surface area contributed by atoms with Gasteiger partial charge in [0.1, 0.15) is 0 Å². The van der Waals surface area contributed by atoms with E-state index in [1.54, 1.807) is 0 Å². The van der Waals surface area contributed by atoms with Gasteiger partial charge in [0.25, 0.3) is 0 Å². The minimum absolute atomic E-state index is 0.300. The predicted molar refractivity (Wildman–Crippen MR) is 58.7 cm³/mol. The van der Waals surface area contributed by atoms with Gasteiger partial charge < -0.3 is 4.90 Å². The van der Waals surface area contributed by atoms with Crippen LogP contribution in [0.25, 0.3) is 0 Å². The first-order valence-electron chi connectivity index (χ1n) is 5.68. The number of nitrogens with zero attached hydrogens (tertiary/aromatic N) is 2. The molecule has 0 unspecified atom stereocenters. The standard InChI is InChI=1S/C12H15F3N2/c1-17-6-4-9(5-7-17)11-3-2-10(8-16-11)12(13,14)15/h2-3,8-9H,4-7H2,1H3. The number of pyridine rings is 1. The molecule has 0 aromatic carbocycles. The molecule has 1 aliphatic rings. The van der Waals surface area contributed by atoms with Crippen LogP contribution in [-0.2, 0) is 6.18 Å². The first-order chi connectivity index (χ1) is 7.97. The fourth-order valence-corrected chi connectivity index (χ4v) is 2.12. The summed E-state index contributed by atoms with van der Waals surface area (Å²) in [6, 6.07) is 2.64. The zero-order valence-corrected chi connectivity index (χ0v) is 9.67. The molecule has 5 heteroatoms. The summed E-state index contributed by atoms with van der Waals surface area (Å²) in [5.41, 5.74) is 0.111. The van der Waals surface area contributed by atoms with E-state index >= 15 is 0 Å². The van der Waals surface area contributed by atoms with Crippen LogP contribution in [0.2, 0.25) is 0 Å². The molecular formula is C12H15F3N2. The van der Waals surface area contributed by atoms with Crippen molar-refractivity contribution >= 4 is 0 Å². The highest BCUT2D eigenvalue weighted by molar-refractivity contribution is 5.19. The third-order valence-electron chi connectivity index (χ3n) is 3.25. The molecule has 1 saturated heterocycles. The highest BCUT2D eigenvalue weighted by Crippen LogP contribution is 2.31. The van der Waals surface area contributed by atoms with Crippen molar-refractivity contribution in [1.29, 1.82) is 0 Å². The van der Waals surface area contributed by atoms with Crippen LogP contribution in [0, 0.1) is 0 Å². The molecule has 0 amide bonds. The number of rotatable bonds is 1. The van der Waals surface area contributed by atoms with Crippen molar-refractivity contribution in [3.05, 3.63) is 29.6 Å². The first-order valence-corrected chi connectivity index (χ1v) is 5.68. The van der Waals surface area contributed by atoms with E-state index in [1.807, 2.05) is 0 Å². The number of piperidine rings is 1. The number of hydrogen-bond acceptors (Lipinski definition) is 2. The van der Waals surface area contributed by atoms with Gasteiger partial charge >= 0.3 is 6.18 Å². The molecule has 0 saturated carbocycles. The summed E-state index contributed by atoms with van der Waals surface area (Å²) in [6.45, 7) is 1.96. The molecule has 0 aliphatic carbocycles. The van der Waals surface area contributed by atoms with Gasteiger partial charge in [0.2, 0.25) is 0 Å². The molecule has 1 aliphatic heterocycles. The van der Waals surface area contributed by atoms with Crippen molar-refractivity contribution in [3.63, 3.8) is 0 Å². The van der Waals surface area contributed by atoms with Crippen LogP contribution in [0.1, 0.15) is 30.0 Å². The minimum Gasteiger partial charge on any atom is -0.306 e. The summed E-state index contributed by atoms with van der Waals surface area (Å²) < 4.78 is 37.1. The fraction of sp³-hybridized carbons (Fsp3) is 0.583. The molecule has 1 aromatic heterocycles. The Bertz CT molecular complexity index is 364. The van der Waals surface area contributed by atoms with E-state index < -0.39 is 11.7 Å². The highest BCUT2D eigenvalue weighted by atomic mass is 19.4. The summed E-state index contributed by atoms with van der Waals surface area (Å²) in [7, 11) is 2.05. The van der Waals surface area contributed by atoms with Crippen LogP contribution >= 0.6 is 0 Å². The SMILES string of the molecule is CN1CCC(c2ccc(C(F)(F)F)cn2)CC1. The quantitative estimate of drug-likeness (QED) is 0.755. The average Bonchev–Trinajstić information content (AvgIpc) is 2.29. The fourth-order valence-electron chi connectivity index (χ4n) is 2.12. The normalized spacial score (nSPS) is 19.5. The van der Waals surface area contributed by atoms with Gasteiger partial charge in [0.15, 0.2) is 0 Å². The van der Waals surface area contributed by atoms with E-state index in [0.717, 1.165) is 43.9 Å². The third-order valence-corrected chi connectivity index (χ3v) is 3.25. The van der Waals surface area contributed by atoms with Crippen molar-refractivity contribution in [2.24, 2.45) is 0 Å². The molecule has 1 fully saturated rings. The van der Waals surface area contributed by atoms with Gasteiger partial charge in [-0.15, -0.1) is 0 Å². The number of halogens is 3. The van der Waals surface area contributed by atoms with E-state index in [9.17, 15) is 13.2 Å². The molecule has 1 aromatic rings. The van der Waals surface area contributed by atoms with E-state index in [-0.39, 0.29) is 0 Å². The number of likely N-dealkylation sites (tertiary alicyclic amines) is 1. The van der Waals surface area contributed by atoms with Gasteiger partial charge in [-0.05, 0) is 45.1 Å². The van der Waals surface area contributed by atoms with Crippen molar-refractivity contribution in [3.8, 4) is 0 Å². The van der Waals surface area contributed by atoms with E-state index in [0.29, 0.717) is 5.92 Å². The van der Waals surface area contributed by atoms with Gasteiger partial charge in [0.05, 0.1) is 5.56 Å². The zero-order chi connectivity index (χ0) is 12.5. The van der Waals surface area contributed by atoms with Gasteiger partial charge in [-0.1, -0.05) is 0 Å². The molecule has 2 rings (SSSR count). The second kappa shape index (κ2) is 4.64. The van der Waals surface area contributed by atoms with Crippen molar-refractivity contribution in [2.45, 2.75) is 24.9 Å². The zero-order valence-electron chi connectivity index (χ0n) is 9.67. The Labute approximate surface area is 98.5 Å². The van der Waals surface area contributed by atoms with Gasteiger partial charge in [0, 0.05) is 17.8 Å². The molecule has 2 nitrogen and oxygen atoms in total. The van der Waals surface area contributed by atoms with Crippen LogP contribution < -0.4 is 0 Å². The first kappa shape index (κ1) is 12.4. The average molecular weight is 244 g/mol. The summed E-state index contributed by atoms with van der Waals surface area (Å²) in [5.74, 6) is 0.300. The van der Waals surface area contributed by atoms with Crippen LogP contribution in [0.4, 0.5) is 13.2 Å². The largest absolute Gasteiger partial charge is 0.417 e. The molecule has 0 radical (unpaired) electrons. The topological polar surface area (TPSA) is 16.1 Å². The minimum atomic E-state index is -4.29. The Balaban J connectivity index is 2.08. The van der Waals surface area contributed by atoms with Crippen LogP contribution in [-0.4, -0.2) is 30.0 Å². The van der Waals surface area contributed by atoms with Gasteiger partial charge in [-0.25, -0.2) is 0 Å². The maximum atomic E-state index is 12.4. The molecule has 0 spiro atoms. The predicted octanol–water partition coefficient (Wildman–Crippen LogP) is 2.91. The second-order valence-corrected chi connectivity index (χ2v) is 4.55. The maximum Gasteiger partial charge on any atom is 0.417 e. The molecule has 94 valence electrons. The van der Waals surface area contributed by atoms with Gasteiger partial charge in [-0.3, -0.25) is 4.98 Å². The molecule has 17 heavy (non-hydrogen) atoms. The summed E-state index contributed by atoms with van der Waals surface area (Å²) in [6.07, 6.45) is -1.42. The Morgan fingerprint density at radius 3 is 2.35 bits per heavy atom. The van der Waals surface area contributed by atoms with Crippen molar-refractivity contribution in [1.82, 2.24) is 9.88 Å². The Morgan fingerprint density at radius 1 is 1.24 bits per heavy atom. The van der Waals surface area contributed by atoms with Crippen LogP contribution in [0.5, 0.6) is 0 Å². The number of hydrogen-bond donors (Lipinski definition) is 0. The lowest BCUT2D eigenvalue weighted by Gasteiger charge is -2.28. The summed E-state index contributed by atoms with van der Waals surface area (Å²) >= 11 is 0. The lowest BCUT2D eigenvalue weighted by Crippen LogP contribution is -2.29. The smallest absolute Gasteiger partial charge is 0.306 e. The van der Waals surface area contributed by atoms with Crippen LogP contribution in [0.15, 0.2) is 18.3 Å². The molecule has 0 bridgehead atoms. The third kappa shape index (κ3) is 2.97. The van der Waals surface area contributed by atoms with E-state index in [4.69, 9.17) is 0 Å². The van der Waals surface area contributed by atoms with Gasteiger partial charge in [-0.2, -0.15) is 13.2 Å². The van der Waals surface area contributed by atoms with E-state index in [1.165, 1.54) is 6.07 Å². The Kier molecular flexibility index (Phi) is 3.38. The highest BCUT2D eigenvalue weighted by Gasteiger charge is 2.31. The van der Waals surface area contributed by atoms with E-state index in [2.05, 4.69) is 16.9 Å². The Morgan fingerprint density at radius 2 is 1.88 bits per heavy atom. The molecule has 0 N–H and O–H groups in total. The molecular weight excluding hydrogens is 229 g/mol. The lowest BCUT2D eigenvalue weighted by atomic mass is 9.93. The van der Waals surface area contributed by atoms with Crippen molar-refractivity contribution < 1.29 is 13.2 Å². The number of alkyl halides is 3. The molecule has 2 heterocycles. The maximum absolute atomic E-state index is 12.4. The number of aromatic nitrogens is 1. The molecule has 0 atom stereocenters. The lowest BCUT2D eigenvalue weighted by molar-refractivity contribution is -0.137. The second-order valence-electron chi connectivity index (χ2n) is 4.55. The van der Waals surface area contributed by atoms with Crippen LogP contribution in [0.3, 0.4) is 0 Å².